The van der Waals surface area contributed by atoms with Gasteiger partial charge < -0.3 is 5.11 Å². The Morgan fingerprint density at radius 3 is 1.57 bits per heavy atom. The number of halogens is 1. The molecule has 0 fully saturated rings. The lowest BCUT2D eigenvalue weighted by Gasteiger charge is -2.41. The van der Waals surface area contributed by atoms with Gasteiger partial charge in [-0.1, -0.05) is 62.6 Å². The van der Waals surface area contributed by atoms with Crippen molar-refractivity contribution in [2.75, 3.05) is 0 Å². The van der Waals surface area contributed by atoms with Gasteiger partial charge in [0.2, 0.25) is 0 Å². The van der Waals surface area contributed by atoms with Gasteiger partial charge in [-0.15, -0.1) is 0 Å². The molecule has 2 unspecified atom stereocenters. The summed E-state index contributed by atoms with van der Waals surface area (Å²) in [5.74, 6) is 1.52. The molecule has 2 atom stereocenters. The van der Waals surface area contributed by atoms with Crippen LogP contribution in [0.25, 0.3) is 0 Å². The van der Waals surface area contributed by atoms with Gasteiger partial charge in [-0.25, -0.2) is 0 Å². The molecule has 0 bridgehead atoms. The van der Waals surface area contributed by atoms with E-state index in [9.17, 15) is 5.11 Å². The van der Waals surface area contributed by atoms with Gasteiger partial charge in [-0.2, -0.15) is 0 Å². The molecule has 3 rings (SSSR count). The number of phenols is 1. The van der Waals surface area contributed by atoms with Crippen molar-refractivity contribution in [3.05, 3.63) is 51.6 Å². The van der Waals surface area contributed by atoms with E-state index < -0.39 is 0 Å². The van der Waals surface area contributed by atoms with Crippen molar-refractivity contribution in [1.82, 2.24) is 0 Å². The third kappa shape index (κ3) is 4.06. The van der Waals surface area contributed by atoms with Crippen molar-refractivity contribution in [3.63, 3.8) is 0 Å². The standard InChI is InChI=1S/C26H37ClO/c1-17-9-7-11-19(13-17)25(3,4)22-15-21(27)16-23(24(22)28)26(5,6)20-12-8-10-18(2)14-20/h9-10,15-16,19-20,28H,7-8,11-14H2,1-6H3. The number of hydrogen-bond acceptors (Lipinski definition) is 1. The molecular formula is C26H37ClO. The van der Waals surface area contributed by atoms with Crippen molar-refractivity contribution in [3.8, 4) is 5.75 Å². The Balaban J connectivity index is 2.02. The van der Waals surface area contributed by atoms with Gasteiger partial charge in [0.25, 0.3) is 0 Å². The maximum atomic E-state index is 11.5. The minimum atomic E-state index is -0.113. The molecule has 0 aromatic heterocycles. The van der Waals surface area contributed by atoms with E-state index in [1.54, 1.807) is 0 Å². The van der Waals surface area contributed by atoms with Crippen LogP contribution in [-0.4, -0.2) is 5.11 Å². The molecular weight excluding hydrogens is 364 g/mol. The summed E-state index contributed by atoms with van der Waals surface area (Å²) in [7, 11) is 0. The first kappa shape index (κ1) is 21.5. The van der Waals surface area contributed by atoms with Gasteiger partial charge in [0, 0.05) is 16.1 Å². The average molecular weight is 401 g/mol. The average Bonchev–Trinajstić information content (AvgIpc) is 2.63. The van der Waals surface area contributed by atoms with E-state index >= 15 is 0 Å². The molecule has 2 aliphatic rings. The van der Waals surface area contributed by atoms with Crippen LogP contribution < -0.4 is 0 Å². The second-order valence-corrected chi connectivity index (χ2v) is 10.8. The minimum absolute atomic E-state index is 0.113. The van der Waals surface area contributed by atoms with Crippen LogP contribution in [0.5, 0.6) is 5.75 Å². The third-order valence-corrected chi connectivity index (χ3v) is 7.88. The Kier molecular flexibility index (Phi) is 6.07. The van der Waals surface area contributed by atoms with Gasteiger partial charge in [-0.05, 0) is 87.2 Å². The molecule has 0 heterocycles. The first-order chi connectivity index (χ1) is 13.0. The summed E-state index contributed by atoms with van der Waals surface area (Å²) >= 11 is 6.64. The lowest BCUT2D eigenvalue weighted by Crippen LogP contribution is -2.33. The summed E-state index contributed by atoms with van der Waals surface area (Å²) < 4.78 is 0. The fourth-order valence-electron chi connectivity index (χ4n) is 5.46. The summed E-state index contributed by atoms with van der Waals surface area (Å²) in [5, 5.41) is 12.2. The largest absolute Gasteiger partial charge is 0.507 e. The summed E-state index contributed by atoms with van der Waals surface area (Å²) in [6.07, 6.45) is 11.5. The third-order valence-electron chi connectivity index (χ3n) is 7.66. The smallest absolute Gasteiger partial charge is 0.123 e. The highest BCUT2D eigenvalue weighted by molar-refractivity contribution is 6.30. The van der Waals surface area contributed by atoms with Crippen LogP contribution in [0.2, 0.25) is 5.02 Å². The van der Waals surface area contributed by atoms with E-state index in [0.29, 0.717) is 17.6 Å². The van der Waals surface area contributed by atoms with Crippen LogP contribution in [0.15, 0.2) is 35.4 Å². The lowest BCUT2D eigenvalue weighted by molar-refractivity contribution is 0.264. The second-order valence-electron chi connectivity index (χ2n) is 10.4. The topological polar surface area (TPSA) is 20.2 Å². The molecule has 1 aromatic carbocycles. The summed E-state index contributed by atoms with van der Waals surface area (Å²) in [4.78, 5) is 0. The van der Waals surface area contributed by atoms with Crippen molar-refractivity contribution < 1.29 is 5.11 Å². The number of allylic oxidation sites excluding steroid dienone is 4. The predicted molar refractivity (Wildman–Crippen MR) is 121 cm³/mol. The molecule has 2 aliphatic carbocycles. The van der Waals surface area contributed by atoms with Crippen molar-refractivity contribution >= 4 is 11.6 Å². The zero-order valence-electron chi connectivity index (χ0n) is 18.5. The maximum absolute atomic E-state index is 11.5. The van der Waals surface area contributed by atoms with Crippen molar-refractivity contribution in [2.24, 2.45) is 11.8 Å². The number of hydrogen-bond donors (Lipinski definition) is 1. The number of rotatable bonds is 4. The first-order valence-corrected chi connectivity index (χ1v) is 11.3. The van der Waals surface area contributed by atoms with Gasteiger partial charge >= 0.3 is 0 Å². The highest BCUT2D eigenvalue weighted by Gasteiger charge is 2.39. The fraction of sp³-hybridized carbons (Fsp3) is 0.615. The normalized spacial score (nSPS) is 24.0. The molecule has 154 valence electrons. The maximum Gasteiger partial charge on any atom is 0.123 e. The van der Waals surface area contributed by atoms with Gasteiger partial charge in [0.15, 0.2) is 0 Å². The van der Waals surface area contributed by atoms with Crippen LogP contribution in [0, 0.1) is 11.8 Å². The lowest BCUT2D eigenvalue weighted by atomic mass is 9.64. The van der Waals surface area contributed by atoms with Gasteiger partial charge in [0.05, 0.1) is 0 Å². The van der Waals surface area contributed by atoms with Crippen LogP contribution >= 0.6 is 11.6 Å². The molecule has 0 radical (unpaired) electrons. The summed E-state index contributed by atoms with van der Waals surface area (Å²) in [6, 6.07) is 4.02. The first-order valence-electron chi connectivity index (χ1n) is 10.9. The Bertz CT molecular complexity index is 734. The Labute approximate surface area is 176 Å². The molecule has 1 aromatic rings. The van der Waals surface area contributed by atoms with Gasteiger partial charge in [0.1, 0.15) is 5.75 Å². The van der Waals surface area contributed by atoms with E-state index in [1.165, 1.54) is 24.0 Å². The monoisotopic (exact) mass is 400 g/mol. The van der Waals surface area contributed by atoms with Crippen LogP contribution in [0.4, 0.5) is 0 Å². The van der Waals surface area contributed by atoms with Gasteiger partial charge in [-0.3, -0.25) is 0 Å². The van der Waals surface area contributed by atoms with E-state index in [2.05, 4.69) is 53.7 Å². The van der Waals surface area contributed by atoms with E-state index in [0.717, 1.165) is 41.8 Å². The highest BCUT2D eigenvalue weighted by atomic mass is 35.5. The van der Waals surface area contributed by atoms with E-state index in [4.69, 9.17) is 11.6 Å². The Morgan fingerprint density at radius 2 is 1.21 bits per heavy atom. The second kappa shape index (κ2) is 7.90. The minimum Gasteiger partial charge on any atom is -0.507 e. The summed E-state index contributed by atoms with van der Waals surface area (Å²) in [5.41, 5.74) is 4.75. The van der Waals surface area contributed by atoms with E-state index in [-0.39, 0.29) is 10.8 Å². The van der Waals surface area contributed by atoms with Crippen LogP contribution in [-0.2, 0) is 10.8 Å². The van der Waals surface area contributed by atoms with Crippen molar-refractivity contribution in [2.45, 2.75) is 90.9 Å². The molecule has 28 heavy (non-hydrogen) atoms. The predicted octanol–water partition coefficient (Wildman–Crippen LogP) is 8.09. The SMILES string of the molecule is CC1=CCCC(C(C)(C)c2cc(Cl)cc(C(C)(C)C3CCC=C(C)C3)c2O)C1. The molecule has 0 saturated carbocycles. The molecule has 1 nitrogen and oxygen atoms in total. The Morgan fingerprint density at radius 1 is 0.821 bits per heavy atom. The van der Waals surface area contributed by atoms with Crippen molar-refractivity contribution in [1.29, 1.82) is 0 Å². The molecule has 0 spiro atoms. The number of phenolic OH excluding ortho intramolecular Hbond substituents is 1. The number of benzene rings is 1. The van der Waals surface area contributed by atoms with Crippen LogP contribution in [0.3, 0.4) is 0 Å². The fourth-order valence-corrected chi connectivity index (χ4v) is 5.68. The molecule has 1 N–H and O–H groups in total. The zero-order valence-corrected chi connectivity index (χ0v) is 19.3. The molecule has 0 amide bonds. The highest BCUT2D eigenvalue weighted by Crippen LogP contribution is 2.50. The quantitative estimate of drug-likeness (QED) is 0.506. The molecule has 2 heteroatoms. The molecule has 0 aliphatic heterocycles. The van der Waals surface area contributed by atoms with E-state index in [1.807, 2.05) is 12.1 Å². The summed E-state index contributed by atoms with van der Waals surface area (Å²) in [6.45, 7) is 13.6. The zero-order chi connectivity index (χ0) is 20.7. The molecule has 0 saturated heterocycles. The number of aromatic hydroxyl groups is 1. The van der Waals surface area contributed by atoms with Crippen LogP contribution in [0.1, 0.15) is 91.2 Å². The Hall–Kier alpha value is -1.21.